The number of nitrogens with zero attached hydrogens (tertiary/aromatic N) is 5. The smallest absolute Gasteiger partial charge is 0.543 e. The second-order valence-corrected chi connectivity index (χ2v) is 10.2. The van der Waals surface area contributed by atoms with Crippen molar-refractivity contribution in [2.45, 2.75) is 17.8 Å². The number of anilines is 1. The van der Waals surface area contributed by atoms with Gasteiger partial charge in [-0.05, 0) is 11.6 Å². The molecule has 0 saturated carbocycles. The van der Waals surface area contributed by atoms with Crippen LogP contribution < -0.4 is 45.7 Å². The van der Waals surface area contributed by atoms with Crippen LogP contribution in [0.25, 0.3) is 6.08 Å². The summed E-state index contributed by atoms with van der Waals surface area (Å²) < 4.78 is 5.19. The number of fused-ring (bicyclic) bond motifs is 1. The summed E-state index contributed by atoms with van der Waals surface area (Å²) in [4.78, 5) is 60.8. The number of nitrogen functional groups attached to an aromatic ring is 1. The van der Waals surface area contributed by atoms with Gasteiger partial charge in [0.2, 0.25) is 5.91 Å². The Labute approximate surface area is 252 Å². The first-order valence-corrected chi connectivity index (χ1v) is 12.9. The van der Waals surface area contributed by atoms with E-state index >= 15 is 0 Å². The molecule has 2 aliphatic heterocycles. The number of likely N-dealkylation sites (N-methyl/N-ethyl adjacent to an activating group) is 1. The Bertz CT molecular complexity index is 1380. The molecule has 17 heteroatoms. The number of aliphatic carboxylic acids is 1. The molecule has 0 spiro atoms. The van der Waals surface area contributed by atoms with E-state index < -0.39 is 29.2 Å². The molecule has 3 N–H and O–H groups in total. The van der Waals surface area contributed by atoms with E-state index in [-0.39, 0.29) is 69.9 Å². The van der Waals surface area contributed by atoms with Gasteiger partial charge in [-0.2, -0.15) is 0 Å². The summed E-state index contributed by atoms with van der Waals surface area (Å²) in [6.45, 7) is 0. The van der Waals surface area contributed by atoms with E-state index in [1.165, 1.54) is 41.3 Å². The van der Waals surface area contributed by atoms with Gasteiger partial charge >= 0.3 is 29.6 Å². The number of carboxylic acids is 1. The van der Waals surface area contributed by atoms with E-state index in [1.807, 2.05) is 0 Å². The van der Waals surface area contributed by atoms with Gasteiger partial charge in [-0.15, -0.1) is 23.1 Å². The molecule has 2 atom stereocenters. The summed E-state index contributed by atoms with van der Waals surface area (Å²) in [5.74, 6) is -2.53. The summed E-state index contributed by atoms with van der Waals surface area (Å²) in [6, 6.07) is 0.558. The molecular formula is C22H22N7NaO7S2. The first-order valence-electron chi connectivity index (χ1n) is 11.0. The molecule has 2 aromatic heterocycles. The Kier molecular flexibility index (Phi) is 9.95. The van der Waals surface area contributed by atoms with Gasteiger partial charge in [0.15, 0.2) is 16.6 Å². The Morgan fingerprint density at radius 3 is 2.74 bits per heavy atom. The molecule has 4 rings (SSSR count). The van der Waals surface area contributed by atoms with Gasteiger partial charge in [0.25, 0.3) is 11.8 Å². The first-order chi connectivity index (χ1) is 18.1. The minimum absolute atomic E-state index is 0. The minimum Gasteiger partial charge on any atom is -0.543 e. The minimum atomic E-state index is -1.54. The van der Waals surface area contributed by atoms with Gasteiger partial charge < -0.3 is 35.2 Å². The van der Waals surface area contributed by atoms with E-state index in [2.05, 4.69) is 20.6 Å². The van der Waals surface area contributed by atoms with Crippen molar-refractivity contribution >= 4 is 63.7 Å². The monoisotopic (exact) mass is 583 g/mol. The van der Waals surface area contributed by atoms with E-state index in [4.69, 9.17) is 15.1 Å². The quantitative estimate of drug-likeness (QED) is 0.126. The fraction of sp³-hybridized carbons (Fsp3) is 0.318. The number of nitrogens with one attached hydrogen (secondary N) is 1. The molecule has 0 aromatic carbocycles. The van der Waals surface area contributed by atoms with Crippen molar-refractivity contribution in [2.24, 2.45) is 5.16 Å². The van der Waals surface area contributed by atoms with Crippen LogP contribution in [0.5, 0.6) is 0 Å². The van der Waals surface area contributed by atoms with E-state index in [0.717, 1.165) is 16.2 Å². The van der Waals surface area contributed by atoms with Crippen LogP contribution in [0.2, 0.25) is 0 Å². The third kappa shape index (κ3) is 6.52. The second kappa shape index (κ2) is 12.8. The number of amides is 3. The predicted molar refractivity (Wildman–Crippen MR) is 135 cm³/mol. The molecule has 0 radical (unpaired) electrons. The van der Waals surface area contributed by atoms with E-state index in [0.29, 0.717) is 17.0 Å². The maximum atomic E-state index is 12.9. The summed E-state index contributed by atoms with van der Waals surface area (Å²) in [5.41, 5.74) is 6.06. The SMILES string of the molecule is CO/N=C(\C(=O)N[C@@H]1C(=O)N2C(C(=O)[O-])=C(/C=C\c3cc(CC(=O)N(C)C)no3)CS[C@H]12)c1csc(N)n1.[Na+]. The number of aromatic nitrogens is 2. The molecule has 2 aromatic rings. The zero-order chi connectivity index (χ0) is 27.6. The van der Waals surface area contributed by atoms with Gasteiger partial charge in [-0.3, -0.25) is 19.3 Å². The molecule has 1 saturated heterocycles. The second-order valence-electron chi connectivity index (χ2n) is 8.23. The van der Waals surface area contributed by atoms with Gasteiger partial charge in [-0.1, -0.05) is 16.4 Å². The first kappa shape index (κ1) is 30.4. The molecule has 0 unspecified atom stereocenters. The van der Waals surface area contributed by atoms with Crippen molar-refractivity contribution in [3.63, 3.8) is 0 Å². The molecule has 39 heavy (non-hydrogen) atoms. The van der Waals surface area contributed by atoms with Crippen molar-refractivity contribution in [3.05, 3.63) is 45.9 Å². The molecule has 3 amide bonds. The number of hydrogen-bond acceptors (Lipinski definition) is 13. The van der Waals surface area contributed by atoms with E-state index in [9.17, 15) is 24.3 Å². The topological polar surface area (TPSA) is 196 Å². The zero-order valence-electron chi connectivity index (χ0n) is 21.4. The van der Waals surface area contributed by atoms with Crippen LogP contribution in [-0.2, 0) is 30.4 Å². The Morgan fingerprint density at radius 2 is 2.13 bits per heavy atom. The Balaban J connectivity index is 0.00000420. The molecule has 2 aliphatic rings. The number of rotatable bonds is 9. The van der Waals surface area contributed by atoms with Gasteiger partial charge in [0.05, 0.1) is 23.8 Å². The van der Waals surface area contributed by atoms with Gasteiger partial charge in [-0.25, -0.2) is 4.98 Å². The maximum Gasteiger partial charge on any atom is 1.00 e. The standard InChI is InChI=1S/C22H23N7O7S2.Na/c1-28(2)14(30)7-11-6-12(36-26-11)5-4-10-8-37-20-16(19(32)29(20)17(10)21(33)34)25-18(31)15(27-35-3)13-9-38-22(23)24-13;/h4-6,9,16,20H,7-8H2,1-3H3,(H2,23,24)(H,25,31)(H,33,34);/q;+1/p-1/b5-4-,27-15-;/t16-,20-;/m1./s1. The molecule has 0 aliphatic carbocycles. The number of thiazole rings is 1. The molecule has 200 valence electrons. The molecule has 4 heterocycles. The Morgan fingerprint density at radius 1 is 1.38 bits per heavy atom. The number of hydrogen-bond donors (Lipinski definition) is 2. The van der Waals surface area contributed by atoms with Crippen LogP contribution in [-0.4, -0.2) is 87.7 Å². The van der Waals surface area contributed by atoms with Crippen molar-refractivity contribution in [3.8, 4) is 0 Å². The maximum absolute atomic E-state index is 12.9. The average Bonchev–Trinajstić information content (AvgIpc) is 3.51. The number of carbonyl (C=O) groups is 4. The normalized spacial score (nSPS) is 18.8. The number of β-lactam (4-membered cyclic amide) rings is 1. The fourth-order valence-electron chi connectivity index (χ4n) is 3.65. The van der Waals surface area contributed by atoms with Gasteiger partial charge in [0.1, 0.15) is 24.2 Å². The zero-order valence-corrected chi connectivity index (χ0v) is 25.0. The van der Waals surface area contributed by atoms with Crippen LogP contribution >= 0.6 is 23.1 Å². The average molecular weight is 584 g/mol. The van der Waals surface area contributed by atoms with Crippen molar-refractivity contribution in [1.29, 1.82) is 0 Å². The van der Waals surface area contributed by atoms with Crippen LogP contribution in [0.1, 0.15) is 17.1 Å². The number of nitrogens with two attached hydrogens (primary N) is 1. The number of allylic oxidation sites excluding steroid dienone is 1. The molecule has 14 nitrogen and oxygen atoms in total. The van der Waals surface area contributed by atoms with Crippen molar-refractivity contribution < 1.29 is 63.2 Å². The van der Waals surface area contributed by atoms with Crippen molar-refractivity contribution in [2.75, 3.05) is 32.7 Å². The van der Waals surface area contributed by atoms with Crippen LogP contribution in [0.15, 0.2) is 38.5 Å². The van der Waals surface area contributed by atoms with Crippen LogP contribution in [0, 0.1) is 0 Å². The number of carboxylic acid groups (broad SMARTS) is 1. The Hall–Kier alpha value is -3.18. The predicted octanol–water partition coefficient (Wildman–Crippen LogP) is -4.18. The number of oxime groups is 1. The summed E-state index contributed by atoms with van der Waals surface area (Å²) in [7, 11) is 4.51. The van der Waals surface area contributed by atoms with Crippen LogP contribution in [0.3, 0.4) is 0 Å². The van der Waals surface area contributed by atoms with Gasteiger partial charge in [0, 0.05) is 31.3 Å². The van der Waals surface area contributed by atoms with Crippen molar-refractivity contribution in [1.82, 2.24) is 25.3 Å². The summed E-state index contributed by atoms with van der Waals surface area (Å²) in [6.07, 6.45) is 3.03. The summed E-state index contributed by atoms with van der Waals surface area (Å²) >= 11 is 2.37. The molecular weight excluding hydrogens is 561 g/mol. The number of thioether (sulfide) groups is 1. The third-order valence-electron chi connectivity index (χ3n) is 5.50. The third-order valence-corrected chi connectivity index (χ3v) is 7.47. The van der Waals surface area contributed by atoms with Crippen LogP contribution in [0.4, 0.5) is 5.13 Å². The largest absolute Gasteiger partial charge is 1.00 e. The van der Waals surface area contributed by atoms with E-state index in [1.54, 1.807) is 20.2 Å². The molecule has 1 fully saturated rings. The number of carbonyl (C=O) groups excluding carboxylic acids is 4. The summed E-state index contributed by atoms with van der Waals surface area (Å²) in [5, 5.41) is 23.1. The fourth-order valence-corrected chi connectivity index (χ4v) is 5.51. The molecule has 0 bridgehead atoms.